The smallest absolute Gasteiger partial charge is 0.152 e. The monoisotopic (exact) mass is 273 g/mol. The molecule has 3 heteroatoms. The Hall–Kier alpha value is -1.77. The van der Waals surface area contributed by atoms with E-state index >= 15 is 0 Å². The van der Waals surface area contributed by atoms with Gasteiger partial charge in [0.05, 0.1) is 6.10 Å². The third-order valence-electron chi connectivity index (χ3n) is 3.82. The second-order valence-electron chi connectivity index (χ2n) is 5.28. The van der Waals surface area contributed by atoms with Crippen LogP contribution in [0.3, 0.4) is 0 Å². The number of rotatable bonds is 6. The summed E-state index contributed by atoms with van der Waals surface area (Å²) in [7, 11) is 0. The Kier molecular flexibility index (Phi) is 4.48. The van der Waals surface area contributed by atoms with Gasteiger partial charge in [0.1, 0.15) is 5.75 Å². The predicted octanol–water partition coefficient (Wildman–Crippen LogP) is 4.35. The molecule has 108 valence electrons. The van der Waals surface area contributed by atoms with Crippen molar-refractivity contribution >= 4 is 17.2 Å². The van der Waals surface area contributed by atoms with Gasteiger partial charge in [-0.1, -0.05) is 13.8 Å². The van der Waals surface area contributed by atoms with E-state index < -0.39 is 0 Å². The predicted molar refractivity (Wildman–Crippen MR) is 82.7 cm³/mol. The molecule has 1 aromatic carbocycles. The summed E-state index contributed by atoms with van der Waals surface area (Å²) < 4.78 is 8.07. The van der Waals surface area contributed by atoms with Crippen LogP contribution in [0.1, 0.15) is 49.7 Å². The summed E-state index contributed by atoms with van der Waals surface area (Å²) >= 11 is 0. The van der Waals surface area contributed by atoms with Gasteiger partial charge in [0.25, 0.3) is 0 Å². The first-order valence-corrected chi connectivity index (χ1v) is 7.37. The number of fused-ring (bicyclic) bond motifs is 1. The molecule has 1 unspecified atom stereocenters. The van der Waals surface area contributed by atoms with Gasteiger partial charge >= 0.3 is 0 Å². The highest BCUT2D eigenvalue weighted by Gasteiger charge is 2.14. The SMILES string of the molecule is CCCn1c(C)c(C=O)c2cc(OC(C)CC)ccc21. The zero-order chi connectivity index (χ0) is 14.7. The van der Waals surface area contributed by atoms with Crippen molar-refractivity contribution in [3.8, 4) is 5.75 Å². The largest absolute Gasteiger partial charge is 0.491 e. The van der Waals surface area contributed by atoms with Gasteiger partial charge in [-0.05, 0) is 44.9 Å². The third-order valence-corrected chi connectivity index (χ3v) is 3.82. The van der Waals surface area contributed by atoms with E-state index in [0.29, 0.717) is 0 Å². The van der Waals surface area contributed by atoms with Gasteiger partial charge in [0, 0.05) is 28.7 Å². The molecule has 0 bridgehead atoms. The zero-order valence-corrected chi connectivity index (χ0v) is 12.8. The molecular formula is C17H23NO2. The molecule has 0 saturated heterocycles. The van der Waals surface area contributed by atoms with Crippen LogP contribution in [0.2, 0.25) is 0 Å². The maximum Gasteiger partial charge on any atom is 0.152 e. The molecule has 0 N–H and O–H groups in total. The Labute approximate surface area is 120 Å². The van der Waals surface area contributed by atoms with Crippen molar-refractivity contribution in [3.63, 3.8) is 0 Å². The quantitative estimate of drug-likeness (QED) is 0.733. The summed E-state index contributed by atoms with van der Waals surface area (Å²) in [6, 6.07) is 6.04. The number of aldehydes is 1. The van der Waals surface area contributed by atoms with Crippen molar-refractivity contribution in [1.82, 2.24) is 4.57 Å². The van der Waals surface area contributed by atoms with E-state index in [2.05, 4.69) is 31.4 Å². The lowest BCUT2D eigenvalue weighted by Crippen LogP contribution is -2.09. The van der Waals surface area contributed by atoms with Crippen LogP contribution < -0.4 is 4.74 Å². The molecule has 20 heavy (non-hydrogen) atoms. The molecule has 1 aromatic heterocycles. The highest BCUT2D eigenvalue weighted by Crippen LogP contribution is 2.29. The number of hydrogen-bond donors (Lipinski definition) is 0. The normalized spacial score (nSPS) is 12.6. The molecule has 0 saturated carbocycles. The molecule has 2 rings (SSSR count). The van der Waals surface area contributed by atoms with E-state index in [1.165, 1.54) is 0 Å². The maximum absolute atomic E-state index is 11.4. The molecule has 0 amide bonds. The van der Waals surface area contributed by atoms with Gasteiger partial charge < -0.3 is 9.30 Å². The summed E-state index contributed by atoms with van der Waals surface area (Å²) in [4.78, 5) is 11.4. The standard InChI is InChI=1S/C17H23NO2/c1-5-9-18-13(4)16(11-19)15-10-14(7-8-17(15)18)20-12(3)6-2/h7-8,10-12H,5-6,9H2,1-4H3. The van der Waals surface area contributed by atoms with Crippen molar-refractivity contribution in [2.24, 2.45) is 0 Å². The molecule has 0 fully saturated rings. The first-order chi connectivity index (χ1) is 9.62. The molecule has 0 spiro atoms. The Bertz CT molecular complexity index is 613. The molecule has 3 nitrogen and oxygen atoms in total. The van der Waals surface area contributed by atoms with Crippen LogP contribution >= 0.6 is 0 Å². The minimum atomic E-state index is 0.186. The Morgan fingerprint density at radius 1 is 1.35 bits per heavy atom. The van der Waals surface area contributed by atoms with Crippen LogP contribution in [0.5, 0.6) is 5.75 Å². The summed E-state index contributed by atoms with van der Waals surface area (Å²) in [5.74, 6) is 0.837. The van der Waals surface area contributed by atoms with E-state index in [4.69, 9.17) is 4.74 Å². The van der Waals surface area contributed by atoms with Crippen LogP contribution in [-0.4, -0.2) is 17.0 Å². The average molecular weight is 273 g/mol. The lowest BCUT2D eigenvalue weighted by atomic mass is 10.1. The fourth-order valence-electron chi connectivity index (χ4n) is 2.54. The van der Waals surface area contributed by atoms with E-state index in [9.17, 15) is 4.79 Å². The Morgan fingerprint density at radius 2 is 2.10 bits per heavy atom. The molecule has 1 atom stereocenters. The molecule has 0 aliphatic heterocycles. The number of aryl methyl sites for hydroxylation is 1. The third kappa shape index (κ3) is 2.58. The molecular weight excluding hydrogens is 250 g/mol. The van der Waals surface area contributed by atoms with Crippen LogP contribution in [0, 0.1) is 6.92 Å². The van der Waals surface area contributed by atoms with E-state index in [1.807, 2.05) is 19.1 Å². The zero-order valence-electron chi connectivity index (χ0n) is 12.8. The average Bonchev–Trinajstić information content (AvgIpc) is 2.71. The van der Waals surface area contributed by atoms with Crippen molar-refractivity contribution in [2.75, 3.05) is 0 Å². The summed E-state index contributed by atoms with van der Waals surface area (Å²) in [6.45, 7) is 9.24. The summed E-state index contributed by atoms with van der Waals surface area (Å²) in [5.41, 5.74) is 2.93. The van der Waals surface area contributed by atoms with Gasteiger partial charge in [-0.25, -0.2) is 0 Å². The number of ether oxygens (including phenoxy) is 1. The maximum atomic E-state index is 11.4. The highest BCUT2D eigenvalue weighted by atomic mass is 16.5. The number of aromatic nitrogens is 1. The topological polar surface area (TPSA) is 31.2 Å². The van der Waals surface area contributed by atoms with Crippen LogP contribution in [0.25, 0.3) is 10.9 Å². The lowest BCUT2D eigenvalue weighted by molar-refractivity contribution is 0.112. The van der Waals surface area contributed by atoms with E-state index in [1.54, 1.807) is 0 Å². The lowest BCUT2D eigenvalue weighted by Gasteiger charge is -2.13. The summed E-state index contributed by atoms with van der Waals surface area (Å²) in [5, 5.41) is 0.992. The number of hydrogen-bond acceptors (Lipinski definition) is 2. The van der Waals surface area contributed by atoms with Crippen LogP contribution in [0.15, 0.2) is 18.2 Å². The van der Waals surface area contributed by atoms with Crippen LogP contribution in [0.4, 0.5) is 0 Å². The van der Waals surface area contributed by atoms with Crippen molar-refractivity contribution < 1.29 is 9.53 Å². The van der Waals surface area contributed by atoms with Crippen molar-refractivity contribution in [2.45, 2.75) is 53.2 Å². The second-order valence-corrected chi connectivity index (χ2v) is 5.28. The molecule has 0 aliphatic carbocycles. The van der Waals surface area contributed by atoms with Gasteiger partial charge in [-0.2, -0.15) is 0 Å². The number of nitrogens with zero attached hydrogens (tertiary/aromatic N) is 1. The molecule has 2 aromatic rings. The van der Waals surface area contributed by atoms with Gasteiger partial charge in [0.15, 0.2) is 6.29 Å². The molecule has 1 heterocycles. The van der Waals surface area contributed by atoms with Crippen molar-refractivity contribution in [3.05, 3.63) is 29.5 Å². The summed E-state index contributed by atoms with van der Waals surface area (Å²) in [6.07, 6.45) is 3.16. The van der Waals surface area contributed by atoms with Gasteiger partial charge in [-0.15, -0.1) is 0 Å². The number of carbonyl (C=O) groups is 1. The van der Waals surface area contributed by atoms with Gasteiger partial charge in [0.2, 0.25) is 0 Å². The molecule has 0 radical (unpaired) electrons. The minimum Gasteiger partial charge on any atom is -0.491 e. The fraction of sp³-hybridized carbons (Fsp3) is 0.471. The molecule has 0 aliphatic rings. The first-order valence-electron chi connectivity index (χ1n) is 7.37. The highest BCUT2D eigenvalue weighted by molar-refractivity contribution is 6.00. The Balaban J connectivity index is 2.53. The fourth-order valence-corrected chi connectivity index (χ4v) is 2.54. The van der Waals surface area contributed by atoms with E-state index in [0.717, 1.165) is 53.6 Å². The Morgan fingerprint density at radius 3 is 2.70 bits per heavy atom. The van der Waals surface area contributed by atoms with Crippen LogP contribution in [-0.2, 0) is 6.54 Å². The minimum absolute atomic E-state index is 0.186. The van der Waals surface area contributed by atoms with E-state index in [-0.39, 0.29) is 6.10 Å². The number of benzene rings is 1. The second kappa shape index (κ2) is 6.12. The van der Waals surface area contributed by atoms with Gasteiger partial charge in [-0.3, -0.25) is 4.79 Å². The first kappa shape index (κ1) is 14.6. The van der Waals surface area contributed by atoms with Crippen molar-refractivity contribution in [1.29, 1.82) is 0 Å². The number of carbonyl (C=O) groups excluding carboxylic acids is 1.